The summed E-state index contributed by atoms with van der Waals surface area (Å²) in [6.07, 6.45) is -1.97. The van der Waals surface area contributed by atoms with E-state index in [-0.39, 0.29) is 11.5 Å². The minimum absolute atomic E-state index is 0.00623. The molecule has 1 aromatic heterocycles. The van der Waals surface area contributed by atoms with E-state index in [4.69, 9.17) is 11.6 Å². The van der Waals surface area contributed by atoms with Crippen LogP contribution < -0.4 is 5.32 Å². The van der Waals surface area contributed by atoms with Crippen LogP contribution in [0.2, 0.25) is 5.02 Å². The molecule has 12 heteroatoms. The Morgan fingerprint density at radius 2 is 2.19 bits per heavy atom. The summed E-state index contributed by atoms with van der Waals surface area (Å²) in [4.78, 5) is 17.7. The van der Waals surface area contributed by atoms with Crippen molar-refractivity contribution in [3.63, 3.8) is 0 Å². The van der Waals surface area contributed by atoms with Crippen molar-refractivity contribution < 1.29 is 18.0 Å². The van der Waals surface area contributed by atoms with Gasteiger partial charge >= 0.3 is 6.18 Å². The van der Waals surface area contributed by atoms with E-state index >= 15 is 0 Å². The predicted octanol–water partition coefficient (Wildman–Crippen LogP) is 2.91. The number of aliphatic imine (C=N–C) groups is 1. The summed E-state index contributed by atoms with van der Waals surface area (Å²) in [6, 6.07) is 1.71. The van der Waals surface area contributed by atoms with Crippen molar-refractivity contribution in [2.45, 2.75) is 6.18 Å². The maximum absolute atomic E-state index is 13.3. The summed E-state index contributed by atoms with van der Waals surface area (Å²) >= 11 is 6.08. The molecule has 0 saturated heterocycles. The SMILES string of the molecule is C=CCN(C)/C=N/c1c(C(F)(F)F)ccc(C(=O)Nc2nnnn2C)c1Cl. The number of amides is 1. The van der Waals surface area contributed by atoms with Gasteiger partial charge in [0.2, 0.25) is 5.95 Å². The number of likely N-dealkylation sites (N-methyl/N-ethyl adjacent to an activating group) is 1. The lowest BCUT2D eigenvalue weighted by atomic mass is 10.1. The Hall–Kier alpha value is -2.95. The van der Waals surface area contributed by atoms with Crippen molar-refractivity contribution >= 4 is 35.5 Å². The average molecular weight is 402 g/mol. The zero-order chi connectivity index (χ0) is 20.2. The molecule has 0 bridgehead atoms. The summed E-state index contributed by atoms with van der Waals surface area (Å²) in [5.41, 5.74) is -1.83. The molecule has 0 aliphatic heterocycles. The Labute approximate surface area is 157 Å². The smallest absolute Gasteiger partial charge is 0.362 e. The molecule has 0 saturated carbocycles. The van der Waals surface area contributed by atoms with Gasteiger partial charge < -0.3 is 4.90 Å². The molecule has 2 rings (SSSR count). The number of tetrazole rings is 1. The first-order chi connectivity index (χ1) is 12.6. The lowest BCUT2D eigenvalue weighted by Crippen LogP contribution is -2.17. The molecule has 8 nitrogen and oxygen atoms in total. The fraction of sp³-hybridized carbons (Fsp3) is 0.267. The van der Waals surface area contributed by atoms with Gasteiger partial charge in [0.1, 0.15) is 0 Å². The maximum atomic E-state index is 13.3. The van der Waals surface area contributed by atoms with Gasteiger partial charge in [0.05, 0.1) is 28.2 Å². The molecule has 1 heterocycles. The van der Waals surface area contributed by atoms with Crippen LogP contribution in [0.3, 0.4) is 0 Å². The highest BCUT2D eigenvalue weighted by Gasteiger charge is 2.35. The van der Waals surface area contributed by atoms with Crippen molar-refractivity contribution in [1.29, 1.82) is 0 Å². The van der Waals surface area contributed by atoms with Gasteiger partial charge in [0.15, 0.2) is 0 Å². The number of hydrogen-bond acceptors (Lipinski definition) is 5. The van der Waals surface area contributed by atoms with Crippen molar-refractivity contribution in [3.05, 3.63) is 40.9 Å². The molecule has 1 aromatic carbocycles. The van der Waals surface area contributed by atoms with Crippen LogP contribution in [0.1, 0.15) is 15.9 Å². The lowest BCUT2D eigenvalue weighted by Gasteiger charge is -2.15. The molecule has 0 fully saturated rings. The molecular weight excluding hydrogens is 387 g/mol. The van der Waals surface area contributed by atoms with E-state index in [1.54, 1.807) is 13.1 Å². The molecule has 1 amide bonds. The zero-order valence-electron chi connectivity index (χ0n) is 14.3. The number of aryl methyl sites for hydroxylation is 1. The third-order valence-corrected chi connectivity index (χ3v) is 3.70. The Kier molecular flexibility index (Phi) is 6.16. The Balaban J connectivity index is 2.45. The van der Waals surface area contributed by atoms with E-state index in [2.05, 4.69) is 32.4 Å². The Morgan fingerprint density at radius 1 is 1.48 bits per heavy atom. The first-order valence-electron chi connectivity index (χ1n) is 7.44. The standard InChI is InChI=1S/C15H15ClF3N7O/c1-4-7-25(2)8-20-12-10(15(17,18)19)6-5-9(11(12)16)13(27)21-14-22-23-24-26(14)3/h4-6,8H,1,7H2,2-3H3,(H,21,22,24,27)/b20-8+. The number of nitrogens with zero attached hydrogens (tertiary/aromatic N) is 6. The van der Waals surface area contributed by atoms with Crippen LogP contribution in [0.25, 0.3) is 0 Å². The molecule has 1 N–H and O–H groups in total. The molecule has 0 unspecified atom stereocenters. The molecule has 0 radical (unpaired) electrons. The van der Waals surface area contributed by atoms with E-state index in [0.29, 0.717) is 6.54 Å². The monoisotopic (exact) mass is 401 g/mol. The molecule has 2 aromatic rings. The minimum Gasteiger partial charge on any atom is -0.362 e. The van der Waals surface area contributed by atoms with Gasteiger partial charge in [-0.2, -0.15) is 13.2 Å². The van der Waals surface area contributed by atoms with Crippen molar-refractivity contribution in [2.75, 3.05) is 18.9 Å². The molecule has 0 spiro atoms. The van der Waals surface area contributed by atoms with Gasteiger partial charge in [-0.1, -0.05) is 22.8 Å². The summed E-state index contributed by atoms with van der Waals surface area (Å²) in [5.74, 6) is -0.769. The predicted molar refractivity (Wildman–Crippen MR) is 94.2 cm³/mol. The average Bonchev–Trinajstić information content (AvgIpc) is 2.97. The van der Waals surface area contributed by atoms with Crippen molar-refractivity contribution in [2.24, 2.45) is 12.0 Å². The van der Waals surface area contributed by atoms with Gasteiger partial charge in [0.25, 0.3) is 5.91 Å². The van der Waals surface area contributed by atoms with Crippen LogP contribution in [0.4, 0.5) is 24.8 Å². The Morgan fingerprint density at radius 3 is 2.74 bits per heavy atom. The third kappa shape index (κ3) is 4.82. The number of alkyl halides is 3. The van der Waals surface area contributed by atoms with E-state index in [1.165, 1.54) is 23.0 Å². The highest BCUT2D eigenvalue weighted by molar-refractivity contribution is 6.37. The fourth-order valence-electron chi connectivity index (χ4n) is 2.01. The summed E-state index contributed by atoms with van der Waals surface area (Å²) in [7, 11) is 3.08. The third-order valence-electron chi connectivity index (χ3n) is 3.31. The summed E-state index contributed by atoms with van der Waals surface area (Å²) in [5, 5.41) is 12.4. The highest BCUT2D eigenvalue weighted by Crippen LogP contribution is 2.41. The first-order valence-corrected chi connectivity index (χ1v) is 7.81. The highest BCUT2D eigenvalue weighted by atomic mass is 35.5. The number of hydrogen-bond donors (Lipinski definition) is 1. The second kappa shape index (κ2) is 8.16. The second-order valence-corrected chi connectivity index (χ2v) is 5.75. The topological polar surface area (TPSA) is 88.3 Å². The van der Waals surface area contributed by atoms with Crippen LogP contribution in [0.15, 0.2) is 29.8 Å². The maximum Gasteiger partial charge on any atom is 0.418 e. The number of rotatable bonds is 6. The van der Waals surface area contributed by atoms with Gasteiger partial charge in [-0.25, -0.2) is 9.67 Å². The van der Waals surface area contributed by atoms with E-state index in [9.17, 15) is 18.0 Å². The lowest BCUT2D eigenvalue weighted by molar-refractivity contribution is -0.137. The van der Waals surface area contributed by atoms with Gasteiger partial charge in [0, 0.05) is 20.6 Å². The van der Waals surface area contributed by atoms with Crippen LogP contribution in [0, 0.1) is 0 Å². The number of carbonyl (C=O) groups excluding carboxylic acids is 1. The number of benzene rings is 1. The minimum atomic E-state index is -4.70. The fourth-order valence-corrected chi connectivity index (χ4v) is 2.31. The molecular formula is C15H15ClF3N7O. The molecule has 0 aliphatic rings. The first kappa shape index (κ1) is 20.4. The zero-order valence-corrected chi connectivity index (χ0v) is 15.1. The largest absolute Gasteiger partial charge is 0.418 e. The van der Waals surface area contributed by atoms with Crippen LogP contribution in [-0.4, -0.2) is 50.9 Å². The van der Waals surface area contributed by atoms with Gasteiger partial charge in [-0.15, -0.1) is 6.58 Å². The quantitative estimate of drug-likeness (QED) is 0.457. The summed E-state index contributed by atoms with van der Waals surface area (Å²) in [6.45, 7) is 3.89. The molecule has 27 heavy (non-hydrogen) atoms. The van der Waals surface area contributed by atoms with E-state index in [0.717, 1.165) is 12.1 Å². The second-order valence-electron chi connectivity index (χ2n) is 5.37. The van der Waals surface area contributed by atoms with Crippen LogP contribution in [0.5, 0.6) is 0 Å². The number of nitrogens with one attached hydrogen (secondary N) is 1. The Bertz CT molecular complexity index is 879. The van der Waals surface area contributed by atoms with Crippen molar-refractivity contribution in [3.8, 4) is 0 Å². The van der Waals surface area contributed by atoms with Crippen LogP contribution in [-0.2, 0) is 13.2 Å². The number of halogens is 4. The number of carbonyl (C=O) groups is 1. The normalized spacial score (nSPS) is 11.6. The molecule has 144 valence electrons. The van der Waals surface area contributed by atoms with Crippen LogP contribution >= 0.6 is 11.6 Å². The van der Waals surface area contributed by atoms with E-state index < -0.39 is 28.4 Å². The summed E-state index contributed by atoms with van der Waals surface area (Å²) < 4.78 is 41.1. The van der Waals surface area contributed by atoms with Crippen molar-refractivity contribution in [1.82, 2.24) is 25.1 Å². The number of anilines is 1. The number of aromatic nitrogens is 4. The molecule has 0 atom stereocenters. The van der Waals surface area contributed by atoms with E-state index in [1.807, 2.05) is 0 Å². The van der Waals surface area contributed by atoms with Gasteiger partial charge in [-0.3, -0.25) is 10.1 Å². The van der Waals surface area contributed by atoms with Gasteiger partial charge in [-0.05, 0) is 22.6 Å². The molecule has 0 aliphatic carbocycles.